The number of rotatable bonds is 4. The third kappa shape index (κ3) is 3.73. The first-order valence-corrected chi connectivity index (χ1v) is 14.2. The fourth-order valence-corrected chi connectivity index (χ4v) is 7.44. The zero-order chi connectivity index (χ0) is 28.5. The number of anilines is 1. The number of para-hydroxylation sites is 1. The molecule has 202 valence electrons. The van der Waals surface area contributed by atoms with Gasteiger partial charge in [-0.2, -0.15) is 0 Å². The van der Waals surface area contributed by atoms with Crippen LogP contribution in [0.5, 0.6) is 0 Å². The molecule has 3 aliphatic heterocycles. The van der Waals surface area contributed by atoms with Gasteiger partial charge in [0, 0.05) is 33.1 Å². The van der Waals surface area contributed by atoms with Crippen LogP contribution in [0.15, 0.2) is 97.2 Å². The maximum absolute atomic E-state index is 14.8. The number of carbonyl (C=O) groups is 3. The van der Waals surface area contributed by atoms with E-state index in [-0.39, 0.29) is 22.3 Å². The highest BCUT2D eigenvalue weighted by Gasteiger charge is 2.70. The number of fused-ring (bicyclic) bond motifs is 6. The molecule has 0 aromatic heterocycles. The van der Waals surface area contributed by atoms with E-state index >= 15 is 0 Å². The summed E-state index contributed by atoms with van der Waals surface area (Å²) < 4.78 is 0. The smallest absolute Gasteiger partial charge is 0.238 e. The normalized spacial score (nSPS) is 23.6. The number of halogens is 3. The van der Waals surface area contributed by atoms with Crippen LogP contribution in [-0.4, -0.2) is 28.4 Å². The number of hydrogen-bond donors (Lipinski definition) is 1. The van der Waals surface area contributed by atoms with E-state index in [0.717, 1.165) is 11.1 Å². The Morgan fingerprint density at radius 3 is 2.29 bits per heavy atom. The van der Waals surface area contributed by atoms with Gasteiger partial charge in [-0.25, -0.2) is 0 Å². The molecule has 3 heterocycles. The van der Waals surface area contributed by atoms with Crippen molar-refractivity contribution in [2.24, 2.45) is 5.92 Å². The molecule has 1 spiro atoms. The molecule has 0 unspecified atom stereocenters. The molecule has 5 nitrogen and oxygen atoms in total. The van der Waals surface area contributed by atoms with Crippen molar-refractivity contribution in [2.75, 3.05) is 5.32 Å². The maximum Gasteiger partial charge on any atom is 0.238 e. The SMILES string of the molecule is O=C(c1ccc(Cl)cc1Cl)[C@@H]1[C@H](C(=O)c2ccc(Cl)cc2)N2C=Cc3ccccc3[C@@H]2[C@]12C(=O)Nc1ccccc12. The molecule has 4 aromatic carbocycles. The second kappa shape index (κ2) is 9.59. The average Bonchev–Trinajstić information content (AvgIpc) is 3.45. The number of carbonyl (C=O) groups excluding carboxylic acids is 3. The summed E-state index contributed by atoms with van der Waals surface area (Å²) in [5.41, 5.74) is 2.19. The van der Waals surface area contributed by atoms with Crippen molar-refractivity contribution in [2.45, 2.75) is 17.5 Å². The predicted molar refractivity (Wildman–Crippen MR) is 161 cm³/mol. The average molecular weight is 600 g/mol. The summed E-state index contributed by atoms with van der Waals surface area (Å²) in [6.45, 7) is 0. The maximum atomic E-state index is 14.8. The van der Waals surface area contributed by atoms with Crippen molar-refractivity contribution in [3.63, 3.8) is 0 Å². The largest absolute Gasteiger partial charge is 0.358 e. The first-order chi connectivity index (χ1) is 19.8. The van der Waals surface area contributed by atoms with E-state index in [2.05, 4.69) is 5.32 Å². The van der Waals surface area contributed by atoms with Crippen molar-refractivity contribution in [3.05, 3.63) is 140 Å². The molecule has 1 fully saturated rings. The minimum atomic E-state index is -1.44. The summed E-state index contributed by atoms with van der Waals surface area (Å²) in [6, 6.07) is 24.7. The highest BCUT2D eigenvalue weighted by Crippen LogP contribution is 2.62. The molecule has 4 aromatic rings. The van der Waals surface area contributed by atoms with Crippen LogP contribution < -0.4 is 5.32 Å². The quantitative estimate of drug-likeness (QED) is 0.245. The van der Waals surface area contributed by atoms with Crippen LogP contribution in [0.3, 0.4) is 0 Å². The van der Waals surface area contributed by atoms with Crippen molar-refractivity contribution in [1.29, 1.82) is 0 Å². The van der Waals surface area contributed by atoms with Gasteiger partial charge in [-0.15, -0.1) is 0 Å². The van der Waals surface area contributed by atoms with Gasteiger partial charge in [0.15, 0.2) is 11.6 Å². The third-order valence-electron chi connectivity index (χ3n) is 8.45. The molecule has 4 atom stereocenters. The number of nitrogens with one attached hydrogen (secondary N) is 1. The molecule has 3 aliphatic rings. The molecule has 1 amide bonds. The lowest BCUT2D eigenvalue weighted by atomic mass is 9.62. The highest BCUT2D eigenvalue weighted by atomic mass is 35.5. The molecule has 0 aliphatic carbocycles. The Morgan fingerprint density at radius 2 is 1.51 bits per heavy atom. The first kappa shape index (κ1) is 26.0. The fraction of sp³-hybridized carbons (Fsp3) is 0.121. The van der Waals surface area contributed by atoms with E-state index in [1.807, 2.05) is 65.7 Å². The van der Waals surface area contributed by atoms with Crippen LogP contribution in [0.1, 0.15) is 43.4 Å². The number of nitrogens with zero attached hydrogens (tertiary/aromatic N) is 1. The molecule has 8 heteroatoms. The summed E-state index contributed by atoms with van der Waals surface area (Å²) in [7, 11) is 0. The van der Waals surface area contributed by atoms with E-state index < -0.39 is 29.2 Å². The minimum Gasteiger partial charge on any atom is -0.358 e. The second-order valence-corrected chi connectivity index (χ2v) is 11.7. The number of ketones is 2. The number of amides is 1. The fourth-order valence-electron chi connectivity index (χ4n) is 6.81. The van der Waals surface area contributed by atoms with Crippen LogP contribution in [0.25, 0.3) is 6.08 Å². The molecule has 0 radical (unpaired) electrons. The lowest BCUT2D eigenvalue weighted by Gasteiger charge is -2.38. The van der Waals surface area contributed by atoms with Crippen LogP contribution in [0.2, 0.25) is 15.1 Å². The summed E-state index contributed by atoms with van der Waals surface area (Å²) in [5.74, 6) is -2.18. The van der Waals surface area contributed by atoms with Gasteiger partial charge in [0.1, 0.15) is 11.5 Å². The Hall–Kier alpha value is -3.90. The van der Waals surface area contributed by atoms with E-state index in [9.17, 15) is 14.4 Å². The summed E-state index contributed by atoms with van der Waals surface area (Å²) in [4.78, 5) is 45.7. The molecule has 1 N–H and O–H groups in total. The van der Waals surface area contributed by atoms with Gasteiger partial charge in [-0.05, 0) is 71.3 Å². The first-order valence-electron chi connectivity index (χ1n) is 13.1. The molecular weight excluding hydrogens is 579 g/mol. The molecule has 7 rings (SSSR count). The monoisotopic (exact) mass is 598 g/mol. The Kier molecular flexibility index (Phi) is 6.09. The second-order valence-electron chi connectivity index (χ2n) is 10.4. The Labute approximate surface area is 251 Å². The Balaban J connectivity index is 1.54. The van der Waals surface area contributed by atoms with E-state index in [1.54, 1.807) is 36.4 Å². The van der Waals surface area contributed by atoms with Gasteiger partial charge in [0.25, 0.3) is 0 Å². The summed E-state index contributed by atoms with van der Waals surface area (Å²) in [5, 5.41) is 4.05. The van der Waals surface area contributed by atoms with Crippen LogP contribution in [0.4, 0.5) is 5.69 Å². The van der Waals surface area contributed by atoms with Gasteiger partial charge < -0.3 is 10.2 Å². The number of benzene rings is 4. The predicted octanol–water partition coefficient (Wildman–Crippen LogP) is 7.63. The van der Waals surface area contributed by atoms with Crippen molar-refractivity contribution in [3.8, 4) is 0 Å². The van der Waals surface area contributed by atoms with Crippen molar-refractivity contribution in [1.82, 2.24) is 4.90 Å². The highest BCUT2D eigenvalue weighted by molar-refractivity contribution is 6.37. The van der Waals surface area contributed by atoms with Crippen LogP contribution in [-0.2, 0) is 10.2 Å². The van der Waals surface area contributed by atoms with Gasteiger partial charge in [-0.3, -0.25) is 14.4 Å². The van der Waals surface area contributed by atoms with E-state index in [1.165, 1.54) is 6.07 Å². The standard InChI is InChI=1S/C33H21Cl3N2O3/c34-20-11-9-19(10-12-20)29(39)28-27(30(40)23-14-13-21(35)17-25(23)36)33(24-7-3-4-8-26(24)37-32(33)41)31-22-6-2-1-5-18(22)15-16-38(28)31/h1-17,27-28,31H,(H,37,41)/t27-,28+,31+,33+/m0/s1. The molecule has 0 bridgehead atoms. The van der Waals surface area contributed by atoms with Crippen LogP contribution >= 0.6 is 34.8 Å². The summed E-state index contributed by atoms with van der Waals surface area (Å²) >= 11 is 18.9. The lowest BCUT2D eigenvalue weighted by molar-refractivity contribution is -0.122. The minimum absolute atomic E-state index is 0.155. The zero-order valence-electron chi connectivity index (χ0n) is 21.4. The zero-order valence-corrected chi connectivity index (χ0v) is 23.6. The topological polar surface area (TPSA) is 66.5 Å². The molecule has 0 saturated carbocycles. The van der Waals surface area contributed by atoms with E-state index in [0.29, 0.717) is 26.9 Å². The molecular formula is C33H21Cl3N2O3. The number of Topliss-reactive ketones (excluding diaryl/α,β-unsaturated/α-hetero) is 2. The third-order valence-corrected chi connectivity index (χ3v) is 9.25. The molecule has 41 heavy (non-hydrogen) atoms. The van der Waals surface area contributed by atoms with Gasteiger partial charge in [-0.1, -0.05) is 77.3 Å². The summed E-state index contributed by atoms with van der Waals surface area (Å²) in [6.07, 6.45) is 3.75. The Bertz CT molecular complexity index is 1800. The van der Waals surface area contributed by atoms with Crippen molar-refractivity contribution >= 4 is 64.0 Å². The van der Waals surface area contributed by atoms with Crippen LogP contribution in [0, 0.1) is 5.92 Å². The van der Waals surface area contributed by atoms with Gasteiger partial charge in [0.2, 0.25) is 5.91 Å². The molecule has 1 saturated heterocycles. The van der Waals surface area contributed by atoms with Gasteiger partial charge in [0.05, 0.1) is 17.0 Å². The number of hydrogen-bond acceptors (Lipinski definition) is 4. The van der Waals surface area contributed by atoms with Crippen molar-refractivity contribution < 1.29 is 14.4 Å². The lowest BCUT2D eigenvalue weighted by Crippen LogP contribution is -2.49. The van der Waals surface area contributed by atoms with E-state index in [4.69, 9.17) is 34.8 Å². The van der Waals surface area contributed by atoms with Gasteiger partial charge >= 0.3 is 0 Å². The Morgan fingerprint density at radius 1 is 0.805 bits per heavy atom.